The Labute approximate surface area is 215 Å². The van der Waals surface area contributed by atoms with E-state index < -0.39 is 12.1 Å². The first-order valence-corrected chi connectivity index (χ1v) is 12.7. The second-order valence-electron chi connectivity index (χ2n) is 9.80. The van der Waals surface area contributed by atoms with E-state index in [9.17, 15) is 9.59 Å². The third kappa shape index (κ3) is 7.39. The van der Waals surface area contributed by atoms with Crippen LogP contribution in [0.3, 0.4) is 0 Å². The zero-order valence-corrected chi connectivity index (χ0v) is 22.3. The molecule has 0 heterocycles. The molecule has 2 atom stereocenters. The molecular weight excluding hydrogens is 448 g/mol. The van der Waals surface area contributed by atoms with Crippen molar-refractivity contribution < 1.29 is 9.59 Å². The van der Waals surface area contributed by atoms with E-state index in [-0.39, 0.29) is 11.8 Å². The van der Waals surface area contributed by atoms with Crippen molar-refractivity contribution in [2.45, 2.75) is 31.3 Å². The first-order valence-electron chi connectivity index (χ1n) is 12.7. The molecule has 6 heteroatoms. The van der Waals surface area contributed by atoms with Gasteiger partial charge < -0.3 is 20.0 Å². The molecule has 0 saturated heterocycles. The Balaban J connectivity index is 1.78. The Bertz CT molecular complexity index is 1130. The van der Waals surface area contributed by atoms with Gasteiger partial charge in [-0.3, -0.25) is 9.59 Å². The lowest BCUT2D eigenvalue weighted by Gasteiger charge is -2.33. The molecule has 6 nitrogen and oxygen atoms in total. The highest BCUT2D eigenvalue weighted by atomic mass is 16.2. The van der Waals surface area contributed by atoms with E-state index >= 15 is 0 Å². The van der Waals surface area contributed by atoms with Gasteiger partial charge in [0.25, 0.3) is 0 Å². The average molecular weight is 489 g/mol. The van der Waals surface area contributed by atoms with Crippen molar-refractivity contribution in [3.8, 4) is 0 Å². The van der Waals surface area contributed by atoms with Crippen LogP contribution >= 0.6 is 0 Å². The molecule has 3 aromatic rings. The molecule has 3 aromatic carbocycles. The van der Waals surface area contributed by atoms with E-state index in [1.807, 2.05) is 63.6 Å². The molecule has 0 saturated carbocycles. The van der Waals surface area contributed by atoms with Crippen molar-refractivity contribution >= 4 is 22.6 Å². The topological polar surface area (TPSA) is 55.9 Å². The lowest BCUT2D eigenvalue weighted by molar-refractivity contribution is -0.144. The number of amides is 2. The zero-order valence-electron chi connectivity index (χ0n) is 22.3. The predicted molar refractivity (Wildman–Crippen MR) is 148 cm³/mol. The number of rotatable bonds is 12. The number of nitrogens with one attached hydrogen (secondary N) is 1. The summed E-state index contributed by atoms with van der Waals surface area (Å²) >= 11 is 0. The number of nitrogens with zero attached hydrogens (tertiary/aromatic N) is 3. The van der Waals surface area contributed by atoms with Gasteiger partial charge in [0, 0.05) is 27.1 Å². The minimum atomic E-state index is -0.572. The van der Waals surface area contributed by atoms with Crippen LogP contribution in [-0.4, -0.2) is 86.9 Å². The second-order valence-corrected chi connectivity index (χ2v) is 9.80. The fraction of sp³-hybridized carbons (Fsp3) is 0.400. The molecule has 0 unspecified atom stereocenters. The van der Waals surface area contributed by atoms with Crippen LogP contribution in [-0.2, 0) is 22.4 Å². The third-order valence-electron chi connectivity index (χ3n) is 6.75. The highest BCUT2D eigenvalue weighted by Gasteiger charge is 2.32. The third-order valence-corrected chi connectivity index (χ3v) is 6.75. The summed E-state index contributed by atoms with van der Waals surface area (Å²) in [5.74, 6) is -0.115. The van der Waals surface area contributed by atoms with Gasteiger partial charge in [0.1, 0.15) is 6.04 Å². The normalized spacial score (nSPS) is 12.9. The Morgan fingerprint density at radius 1 is 0.750 bits per heavy atom. The molecule has 0 fully saturated rings. The number of hydrogen-bond donors (Lipinski definition) is 1. The van der Waals surface area contributed by atoms with Gasteiger partial charge in [-0.2, -0.15) is 0 Å². The van der Waals surface area contributed by atoms with Crippen LogP contribution in [0.15, 0.2) is 72.8 Å². The van der Waals surface area contributed by atoms with Crippen molar-refractivity contribution in [2.75, 3.05) is 48.3 Å². The second kappa shape index (κ2) is 13.2. The van der Waals surface area contributed by atoms with E-state index in [2.05, 4.69) is 40.5 Å². The summed E-state index contributed by atoms with van der Waals surface area (Å²) in [6.07, 6.45) is 1.91. The van der Waals surface area contributed by atoms with Crippen LogP contribution in [0.25, 0.3) is 10.8 Å². The molecule has 0 aliphatic rings. The van der Waals surface area contributed by atoms with E-state index in [1.165, 1.54) is 5.39 Å². The van der Waals surface area contributed by atoms with Gasteiger partial charge in [-0.15, -0.1) is 0 Å². The number of likely N-dealkylation sites (N-methyl/N-ethyl adjacent to an activating group) is 3. The first kappa shape index (κ1) is 27.4. The molecule has 3 rings (SSSR count). The molecule has 192 valence electrons. The maximum Gasteiger partial charge on any atom is 0.245 e. The van der Waals surface area contributed by atoms with Crippen molar-refractivity contribution in [1.82, 2.24) is 20.0 Å². The number of carbonyl (C=O) groups is 2. The van der Waals surface area contributed by atoms with Gasteiger partial charge in [-0.25, -0.2) is 0 Å². The summed E-state index contributed by atoms with van der Waals surface area (Å²) in [6, 6.07) is 23.4. The molecular formula is C30H40N4O2. The summed E-state index contributed by atoms with van der Waals surface area (Å²) in [5, 5.41) is 5.52. The van der Waals surface area contributed by atoms with Gasteiger partial charge in [0.2, 0.25) is 11.8 Å². The van der Waals surface area contributed by atoms with Crippen molar-refractivity contribution in [1.29, 1.82) is 0 Å². The van der Waals surface area contributed by atoms with E-state index in [0.717, 1.165) is 29.5 Å². The monoisotopic (exact) mass is 488 g/mol. The molecule has 0 radical (unpaired) electrons. The fourth-order valence-corrected chi connectivity index (χ4v) is 4.53. The minimum Gasteiger partial charge on any atom is -0.344 e. The fourth-order valence-electron chi connectivity index (χ4n) is 4.53. The van der Waals surface area contributed by atoms with Crippen LogP contribution in [0, 0.1) is 0 Å². The highest BCUT2D eigenvalue weighted by molar-refractivity contribution is 5.90. The Morgan fingerprint density at radius 2 is 1.42 bits per heavy atom. The van der Waals surface area contributed by atoms with Gasteiger partial charge in [0.05, 0.1) is 6.04 Å². The standard InChI is InChI=1S/C30H40N4O2/c1-31-27(21-24-16-17-25-14-9-10-15-26(25)20-24)29(35)34(5)28(22-23-12-7-6-8-13-23)30(36)33(4)19-11-18-32(2)3/h6-10,12-17,20,27-28,31H,11,18-19,21-22H2,1-5H3/t27-,28-/m1/s1. The Kier molecular flexibility index (Phi) is 10.0. The smallest absolute Gasteiger partial charge is 0.245 e. The van der Waals surface area contributed by atoms with Gasteiger partial charge in [0.15, 0.2) is 0 Å². The molecule has 0 aromatic heterocycles. The van der Waals surface area contributed by atoms with E-state index in [0.29, 0.717) is 19.4 Å². The molecule has 2 amide bonds. The maximum atomic E-state index is 13.7. The van der Waals surface area contributed by atoms with Crippen molar-refractivity contribution in [3.05, 3.63) is 83.9 Å². The van der Waals surface area contributed by atoms with E-state index in [4.69, 9.17) is 0 Å². The van der Waals surface area contributed by atoms with E-state index in [1.54, 1.807) is 23.9 Å². The Morgan fingerprint density at radius 3 is 2.08 bits per heavy atom. The summed E-state index contributed by atoms with van der Waals surface area (Å²) in [7, 11) is 9.45. The first-order chi connectivity index (χ1) is 17.3. The molecule has 0 aliphatic heterocycles. The molecule has 1 N–H and O–H groups in total. The van der Waals surface area contributed by atoms with Crippen LogP contribution < -0.4 is 5.32 Å². The van der Waals surface area contributed by atoms with Crippen LogP contribution in [0.2, 0.25) is 0 Å². The lowest BCUT2D eigenvalue weighted by atomic mass is 9.99. The number of benzene rings is 3. The molecule has 0 spiro atoms. The summed E-state index contributed by atoms with van der Waals surface area (Å²) in [6.45, 7) is 1.56. The average Bonchev–Trinajstić information content (AvgIpc) is 2.89. The summed E-state index contributed by atoms with van der Waals surface area (Å²) < 4.78 is 0. The SMILES string of the molecule is CN[C@H](Cc1ccc2ccccc2c1)C(=O)N(C)[C@H](Cc1ccccc1)C(=O)N(C)CCCN(C)C. The quantitative estimate of drug-likeness (QED) is 0.424. The largest absolute Gasteiger partial charge is 0.344 e. The van der Waals surface area contributed by atoms with Crippen LogP contribution in [0.5, 0.6) is 0 Å². The van der Waals surface area contributed by atoms with Crippen molar-refractivity contribution in [3.63, 3.8) is 0 Å². The zero-order chi connectivity index (χ0) is 26.1. The highest BCUT2D eigenvalue weighted by Crippen LogP contribution is 2.18. The lowest BCUT2D eigenvalue weighted by Crippen LogP contribution is -2.54. The van der Waals surface area contributed by atoms with Crippen molar-refractivity contribution in [2.24, 2.45) is 0 Å². The number of carbonyl (C=O) groups excluding carboxylic acids is 2. The van der Waals surface area contributed by atoms with Gasteiger partial charge in [-0.1, -0.05) is 72.8 Å². The summed E-state index contributed by atoms with van der Waals surface area (Å²) in [5.41, 5.74) is 2.12. The minimum absolute atomic E-state index is 0.0333. The van der Waals surface area contributed by atoms with Crippen LogP contribution in [0.1, 0.15) is 17.5 Å². The summed E-state index contributed by atoms with van der Waals surface area (Å²) in [4.78, 5) is 32.8. The van der Waals surface area contributed by atoms with Crippen LogP contribution in [0.4, 0.5) is 0 Å². The maximum absolute atomic E-state index is 13.7. The molecule has 0 bridgehead atoms. The predicted octanol–water partition coefficient (Wildman–Crippen LogP) is 3.45. The number of hydrogen-bond acceptors (Lipinski definition) is 4. The van der Waals surface area contributed by atoms with Gasteiger partial charge in [-0.05, 0) is 62.4 Å². The Hall–Kier alpha value is -3.22. The van der Waals surface area contributed by atoms with Gasteiger partial charge >= 0.3 is 0 Å². The molecule has 0 aliphatic carbocycles. The number of fused-ring (bicyclic) bond motifs is 1. The molecule has 36 heavy (non-hydrogen) atoms.